The van der Waals surface area contributed by atoms with E-state index in [2.05, 4.69) is 41.2 Å². The summed E-state index contributed by atoms with van der Waals surface area (Å²) in [6, 6.07) is 0. The van der Waals surface area contributed by atoms with Crippen LogP contribution in [0.15, 0.2) is 34.6 Å². The van der Waals surface area contributed by atoms with Crippen molar-refractivity contribution in [3.63, 3.8) is 0 Å². The van der Waals surface area contributed by atoms with E-state index in [0.29, 0.717) is 5.70 Å². The van der Waals surface area contributed by atoms with Crippen LogP contribution in [0.25, 0.3) is 0 Å². The molecule has 0 saturated carbocycles. The van der Waals surface area contributed by atoms with Crippen molar-refractivity contribution in [2.24, 2.45) is 5.73 Å². The van der Waals surface area contributed by atoms with E-state index in [4.69, 9.17) is 5.73 Å². The van der Waals surface area contributed by atoms with Crippen LogP contribution >= 0.6 is 0 Å². The van der Waals surface area contributed by atoms with Gasteiger partial charge in [-0.2, -0.15) is 0 Å². The molecule has 0 atom stereocenters. The van der Waals surface area contributed by atoms with Gasteiger partial charge < -0.3 is 5.73 Å². The Bertz CT molecular complexity index is 288. The van der Waals surface area contributed by atoms with Crippen molar-refractivity contribution in [1.82, 2.24) is 0 Å². The number of hydrogen-bond acceptors (Lipinski definition) is 1. The molecule has 0 amide bonds. The van der Waals surface area contributed by atoms with E-state index in [9.17, 15) is 0 Å². The topological polar surface area (TPSA) is 26.0 Å². The summed E-state index contributed by atoms with van der Waals surface area (Å²) in [7, 11) is 0. The average Bonchev–Trinajstić information content (AvgIpc) is 2.14. The minimum atomic E-state index is 0.697. The van der Waals surface area contributed by atoms with Crippen LogP contribution in [0.1, 0.15) is 53.9 Å². The lowest BCUT2D eigenvalue weighted by Gasteiger charge is -2.14. The van der Waals surface area contributed by atoms with Crippen molar-refractivity contribution in [3.8, 4) is 0 Å². The Hall–Kier alpha value is -0.980. The molecule has 1 nitrogen and oxygen atoms in total. The molecule has 0 spiro atoms. The van der Waals surface area contributed by atoms with Crippen molar-refractivity contribution < 1.29 is 0 Å². The smallest absolute Gasteiger partial charge is 0.0316 e. The highest BCUT2D eigenvalue weighted by Gasteiger charge is 2.07. The van der Waals surface area contributed by atoms with Gasteiger partial charge >= 0.3 is 0 Å². The monoisotopic (exact) mass is 207 g/mol. The lowest BCUT2D eigenvalue weighted by Crippen LogP contribution is -2.04. The molecule has 0 bridgehead atoms. The normalized spacial score (nSPS) is 12.1. The van der Waals surface area contributed by atoms with Gasteiger partial charge in [0.2, 0.25) is 0 Å². The summed E-state index contributed by atoms with van der Waals surface area (Å²) in [6.45, 7) is 14.6. The number of hydrogen-bond donors (Lipinski definition) is 1. The Morgan fingerprint density at radius 1 is 1.13 bits per heavy atom. The number of nitrogens with two attached hydrogens (primary N) is 1. The van der Waals surface area contributed by atoms with E-state index in [1.54, 1.807) is 0 Å². The zero-order valence-electron chi connectivity index (χ0n) is 10.9. The summed E-state index contributed by atoms with van der Waals surface area (Å²) in [5, 5.41) is 0. The van der Waals surface area contributed by atoms with Crippen LogP contribution in [0.2, 0.25) is 0 Å². The molecule has 0 heterocycles. The van der Waals surface area contributed by atoms with E-state index in [-0.39, 0.29) is 0 Å². The van der Waals surface area contributed by atoms with Gasteiger partial charge in [0.1, 0.15) is 0 Å². The molecule has 2 N–H and O–H groups in total. The van der Waals surface area contributed by atoms with E-state index in [0.717, 1.165) is 6.42 Å². The lowest BCUT2D eigenvalue weighted by molar-refractivity contribution is 0.782. The van der Waals surface area contributed by atoms with Gasteiger partial charge in [-0.15, -0.1) is 0 Å². The largest absolute Gasteiger partial charge is 0.399 e. The molecule has 0 saturated heterocycles. The van der Waals surface area contributed by atoms with Gasteiger partial charge in [0.25, 0.3) is 0 Å². The second kappa shape index (κ2) is 6.49. The first-order valence-electron chi connectivity index (χ1n) is 5.70. The molecule has 1 heteroatoms. The first-order valence-corrected chi connectivity index (χ1v) is 5.70. The SMILES string of the molecule is C=C(N)/C(C(C)=C(C)C)=C(/C)CCCC. The Balaban J connectivity index is 5.12. The van der Waals surface area contributed by atoms with E-state index >= 15 is 0 Å². The molecule has 0 radical (unpaired) electrons. The highest BCUT2D eigenvalue weighted by molar-refractivity contribution is 5.47. The number of unbranched alkanes of at least 4 members (excludes halogenated alkanes) is 1. The van der Waals surface area contributed by atoms with Gasteiger partial charge in [-0.3, -0.25) is 0 Å². The molecular formula is C14H25N. The standard InChI is InChI=1S/C14H25N/c1-7-8-9-11(4)14(13(6)15)12(5)10(2)3/h6-9,15H2,1-5H3/b14-11-. The van der Waals surface area contributed by atoms with Crippen LogP contribution in [-0.2, 0) is 0 Å². The van der Waals surface area contributed by atoms with Crippen LogP contribution in [-0.4, -0.2) is 0 Å². The highest BCUT2D eigenvalue weighted by Crippen LogP contribution is 2.24. The quantitative estimate of drug-likeness (QED) is 0.667. The summed E-state index contributed by atoms with van der Waals surface area (Å²) >= 11 is 0. The van der Waals surface area contributed by atoms with Crippen molar-refractivity contribution in [2.45, 2.75) is 53.9 Å². The van der Waals surface area contributed by atoms with E-state index in [1.807, 2.05) is 0 Å². The fourth-order valence-electron chi connectivity index (χ4n) is 1.65. The number of rotatable bonds is 5. The molecule has 86 valence electrons. The second-order valence-electron chi connectivity index (χ2n) is 4.41. The first-order chi connectivity index (χ1) is 6.91. The van der Waals surface area contributed by atoms with Crippen molar-refractivity contribution in [2.75, 3.05) is 0 Å². The summed E-state index contributed by atoms with van der Waals surface area (Å²) < 4.78 is 0. The van der Waals surface area contributed by atoms with Crippen LogP contribution < -0.4 is 5.73 Å². The molecule has 0 fully saturated rings. The Morgan fingerprint density at radius 3 is 2.00 bits per heavy atom. The summed E-state index contributed by atoms with van der Waals surface area (Å²) in [4.78, 5) is 0. The Kier molecular flexibility index (Phi) is 6.07. The third-order valence-electron chi connectivity index (χ3n) is 2.78. The molecule has 0 aromatic carbocycles. The van der Waals surface area contributed by atoms with Crippen LogP contribution in [0, 0.1) is 0 Å². The Morgan fingerprint density at radius 2 is 1.67 bits per heavy atom. The molecule has 0 rings (SSSR count). The summed E-state index contributed by atoms with van der Waals surface area (Å²) in [6.07, 6.45) is 3.56. The number of allylic oxidation sites excluding steroid dienone is 3. The molecule has 0 unspecified atom stereocenters. The molecule has 0 aliphatic carbocycles. The fraction of sp³-hybridized carbons (Fsp3) is 0.571. The molecule has 0 aliphatic heterocycles. The van der Waals surface area contributed by atoms with Gasteiger partial charge in [0, 0.05) is 5.70 Å². The first kappa shape index (κ1) is 14.0. The predicted octanol–water partition coefficient (Wildman–Crippen LogP) is 4.32. The third-order valence-corrected chi connectivity index (χ3v) is 2.78. The van der Waals surface area contributed by atoms with Gasteiger partial charge in [-0.05, 0) is 51.7 Å². The van der Waals surface area contributed by atoms with Crippen molar-refractivity contribution >= 4 is 0 Å². The minimum Gasteiger partial charge on any atom is -0.399 e. The molecular weight excluding hydrogens is 182 g/mol. The zero-order chi connectivity index (χ0) is 12.0. The second-order valence-corrected chi connectivity index (χ2v) is 4.41. The van der Waals surface area contributed by atoms with E-state index < -0.39 is 0 Å². The molecule has 0 aromatic heterocycles. The molecule has 15 heavy (non-hydrogen) atoms. The van der Waals surface area contributed by atoms with Gasteiger partial charge in [-0.1, -0.05) is 31.1 Å². The molecule has 0 aromatic rings. The van der Waals surface area contributed by atoms with Gasteiger partial charge in [0.15, 0.2) is 0 Å². The fourth-order valence-corrected chi connectivity index (χ4v) is 1.65. The highest BCUT2D eigenvalue weighted by atomic mass is 14.6. The van der Waals surface area contributed by atoms with Crippen LogP contribution in [0.5, 0.6) is 0 Å². The van der Waals surface area contributed by atoms with Crippen molar-refractivity contribution in [1.29, 1.82) is 0 Å². The van der Waals surface area contributed by atoms with Crippen LogP contribution in [0.4, 0.5) is 0 Å². The lowest BCUT2D eigenvalue weighted by atomic mass is 9.94. The summed E-state index contributed by atoms with van der Waals surface area (Å²) in [5.74, 6) is 0. The maximum Gasteiger partial charge on any atom is 0.0316 e. The van der Waals surface area contributed by atoms with E-state index in [1.165, 1.54) is 35.1 Å². The average molecular weight is 207 g/mol. The maximum atomic E-state index is 5.86. The Labute approximate surface area is 94.8 Å². The zero-order valence-corrected chi connectivity index (χ0v) is 10.9. The maximum absolute atomic E-state index is 5.86. The molecule has 0 aliphatic rings. The van der Waals surface area contributed by atoms with Gasteiger partial charge in [-0.25, -0.2) is 0 Å². The van der Waals surface area contributed by atoms with Crippen molar-refractivity contribution in [3.05, 3.63) is 34.6 Å². The minimum absolute atomic E-state index is 0.697. The summed E-state index contributed by atoms with van der Waals surface area (Å²) in [5.41, 5.74) is 11.7. The predicted molar refractivity (Wildman–Crippen MR) is 69.6 cm³/mol. The van der Waals surface area contributed by atoms with Crippen LogP contribution in [0.3, 0.4) is 0 Å². The van der Waals surface area contributed by atoms with Gasteiger partial charge in [0.05, 0.1) is 0 Å². The third kappa shape index (κ3) is 4.37.